The maximum Gasteiger partial charge on any atom is 0.383 e. The molecule has 0 spiro atoms. The van der Waals surface area contributed by atoms with Crippen LogP contribution in [0.1, 0.15) is 60.3 Å². The van der Waals surface area contributed by atoms with E-state index in [-0.39, 0.29) is 29.4 Å². The Bertz CT molecular complexity index is 1080. The lowest BCUT2D eigenvalue weighted by molar-refractivity contribution is -0.131. The van der Waals surface area contributed by atoms with Crippen LogP contribution in [0.2, 0.25) is 0 Å². The molecule has 1 aromatic heterocycles. The maximum atomic E-state index is 12.8. The maximum absolute atomic E-state index is 12.8. The lowest BCUT2D eigenvalue weighted by atomic mass is 10.1. The van der Waals surface area contributed by atoms with Gasteiger partial charge in [-0.05, 0) is 64.7 Å². The van der Waals surface area contributed by atoms with Gasteiger partial charge < -0.3 is 18.6 Å². The van der Waals surface area contributed by atoms with Crippen molar-refractivity contribution < 1.29 is 23.4 Å². The van der Waals surface area contributed by atoms with Gasteiger partial charge in [-0.15, -0.1) is 0 Å². The Morgan fingerprint density at radius 2 is 1.79 bits per heavy atom. The van der Waals surface area contributed by atoms with Crippen molar-refractivity contribution in [1.82, 2.24) is 0 Å². The predicted molar refractivity (Wildman–Crippen MR) is 131 cm³/mol. The number of rotatable bonds is 12. The number of carbonyl (C=O) groups is 1. The van der Waals surface area contributed by atoms with Crippen LogP contribution in [0.15, 0.2) is 62.9 Å². The summed E-state index contributed by atoms with van der Waals surface area (Å²) in [5.74, 6) is -0.0514. The molecule has 1 heterocycles. The number of fused-ring (bicyclic) bond motifs is 1. The molecule has 2 aromatic rings. The Hall–Kier alpha value is -3.28. The van der Waals surface area contributed by atoms with Crippen molar-refractivity contribution >= 4 is 16.9 Å². The van der Waals surface area contributed by atoms with Crippen molar-refractivity contribution in [2.24, 2.45) is 0 Å². The number of allylic oxidation sites excluding steroid dienone is 4. The monoisotopic (exact) mass is 454 g/mol. The summed E-state index contributed by atoms with van der Waals surface area (Å²) in [5.41, 5.74) is 1.95. The van der Waals surface area contributed by atoms with Crippen LogP contribution in [0.4, 0.5) is 0 Å². The summed E-state index contributed by atoms with van der Waals surface area (Å²) in [7, 11) is 0. The van der Waals surface area contributed by atoms with Crippen LogP contribution in [0, 0.1) is 0 Å². The number of esters is 1. The molecule has 0 aliphatic heterocycles. The van der Waals surface area contributed by atoms with Crippen LogP contribution < -0.4 is 19.8 Å². The van der Waals surface area contributed by atoms with Gasteiger partial charge in [0.1, 0.15) is 6.61 Å². The molecule has 6 heteroatoms. The highest BCUT2D eigenvalue weighted by Crippen LogP contribution is 2.37. The van der Waals surface area contributed by atoms with Gasteiger partial charge in [0.05, 0.1) is 12.0 Å². The Balaban J connectivity index is 2.36. The second kappa shape index (κ2) is 13.3. The fraction of sp³-hybridized carbons (Fsp3) is 0.407. The second-order valence-electron chi connectivity index (χ2n) is 7.97. The Kier molecular flexibility index (Phi) is 10.5. The van der Waals surface area contributed by atoms with E-state index in [9.17, 15) is 9.59 Å². The van der Waals surface area contributed by atoms with E-state index in [1.54, 1.807) is 18.2 Å². The SMILES string of the molecule is CCC=CCCOc1c(OCC=C(C)CCC=C(C)C)c2cccc(OC(C)=O)c2oc1=O. The highest BCUT2D eigenvalue weighted by molar-refractivity contribution is 5.91. The molecule has 0 saturated heterocycles. The molecule has 0 atom stereocenters. The van der Waals surface area contributed by atoms with Crippen molar-refractivity contribution in [3.63, 3.8) is 0 Å². The predicted octanol–water partition coefficient (Wildman–Crippen LogP) is 6.52. The van der Waals surface area contributed by atoms with Crippen LogP contribution in [-0.4, -0.2) is 19.2 Å². The third kappa shape index (κ3) is 8.29. The van der Waals surface area contributed by atoms with Crippen molar-refractivity contribution in [3.8, 4) is 17.2 Å². The smallest absolute Gasteiger partial charge is 0.383 e. The largest absolute Gasteiger partial charge is 0.485 e. The standard InChI is InChI=1S/C27H34O6/c1-6-7-8-9-17-30-26-25(31-18-16-20(4)13-10-12-19(2)3)22-14-11-15-23(32-21(5)28)24(22)33-27(26)29/h7-8,11-12,14-16H,6,9-10,13,17-18H2,1-5H3. The molecule has 0 amide bonds. The number of benzene rings is 1. The number of para-hydroxylation sites is 1. The van der Waals surface area contributed by atoms with Gasteiger partial charge in [-0.2, -0.15) is 0 Å². The van der Waals surface area contributed by atoms with Gasteiger partial charge in [0.2, 0.25) is 5.75 Å². The molecular formula is C27H34O6. The van der Waals surface area contributed by atoms with E-state index in [0.717, 1.165) is 19.3 Å². The lowest BCUT2D eigenvalue weighted by Crippen LogP contribution is -2.12. The molecule has 33 heavy (non-hydrogen) atoms. The van der Waals surface area contributed by atoms with E-state index in [2.05, 4.69) is 33.8 Å². The Morgan fingerprint density at radius 1 is 1.00 bits per heavy atom. The average Bonchev–Trinajstić information content (AvgIpc) is 2.75. The molecule has 0 aliphatic rings. The Labute approximate surface area is 195 Å². The normalized spacial score (nSPS) is 11.6. The third-order valence-corrected chi connectivity index (χ3v) is 4.75. The van der Waals surface area contributed by atoms with Crippen molar-refractivity contribution in [3.05, 3.63) is 64.1 Å². The van der Waals surface area contributed by atoms with E-state index in [1.165, 1.54) is 18.1 Å². The summed E-state index contributed by atoms with van der Waals surface area (Å²) < 4.78 is 22.5. The van der Waals surface area contributed by atoms with Gasteiger partial charge >= 0.3 is 11.6 Å². The quantitative estimate of drug-likeness (QED) is 0.119. The lowest BCUT2D eigenvalue weighted by Gasteiger charge is -2.14. The minimum absolute atomic E-state index is 0.0166. The van der Waals surface area contributed by atoms with Gasteiger partial charge in [0.25, 0.3) is 0 Å². The summed E-state index contributed by atoms with van der Waals surface area (Å²) in [6.45, 7) is 10.1. The van der Waals surface area contributed by atoms with Crippen molar-refractivity contribution in [2.75, 3.05) is 13.2 Å². The minimum atomic E-state index is -0.680. The fourth-order valence-electron chi connectivity index (χ4n) is 3.13. The first-order valence-corrected chi connectivity index (χ1v) is 11.3. The third-order valence-electron chi connectivity index (χ3n) is 4.75. The van der Waals surface area contributed by atoms with Gasteiger partial charge in [0.15, 0.2) is 17.1 Å². The molecule has 0 aliphatic carbocycles. The van der Waals surface area contributed by atoms with Gasteiger partial charge in [-0.3, -0.25) is 4.79 Å². The molecule has 178 valence electrons. The van der Waals surface area contributed by atoms with Gasteiger partial charge in [-0.1, -0.05) is 42.4 Å². The molecule has 0 fully saturated rings. The first-order valence-electron chi connectivity index (χ1n) is 11.3. The van der Waals surface area contributed by atoms with E-state index >= 15 is 0 Å². The van der Waals surface area contributed by atoms with E-state index < -0.39 is 11.6 Å². The topological polar surface area (TPSA) is 75.0 Å². The summed E-state index contributed by atoms with van der Waals surface area (Å²) in [6, 6.07) is 5.03. The molecule has 0 radical (unpaired) electrons. The summed E-state index contributed by atoms with van der Waals surface area (Å²) in [6.07, 6.45) is 11.7. The van der Waals surface area contributed by atoms with Crippen LogP contribution in [0.5, 0.6) is 17.2 Å². The number of ether oxygens (including phenoxy) is 3. The van der Waals surface area contributed by atoms with E-state index in [4.69, 9.17) is 18.6 Å². The molecule has 1 aromatic carbocycles. The average molecular weight is 455 g/mol. The molecule has 6 nitrogen and oxygen atoms in total. The van der Waals surface area contributed by atoms with Crippen LogP contribution >= 0.6 is 0 Å². The second-order valence-corrected chi connectivity index (χ2v) is 7.97. The van der Waals surface area contributed by atoms with Gasteiger partial charge in [0, 0.05) is 6.92 Å². The molecule has 0 unspecified atom stereocenters. The number of hydrogen-bond donors (Lipinski definition) is 0. The fourth-order valence-corrected chi connectivity index (χ4v) is 3.13. The number of carbonyl (C=O) groups excluding carboxylic acids is 1. The Morgan fingerprint density at radius 3 is 2.48 bits per heavy atom. The highest BCUT2D eigenvalue weighted by atomic mass is 16.5. The summed E-state index contributed by atoms with van der Waals surface area (Å²) in [4.78, 5) is 24.2. The zero-order valence-electron chi connectivity index (χ0n) is 20.2. The van der Waals surface area contributed by atoms with Gasteiger partial charge in [-0.25, -0.2) is 4.79 Å². The first kappa shape index (κ1) is 26.0. The van der Waals surface area contributed by atoms with Crippen LogP contribution in [0.3, 0.4) is 0 Å². The zero-order valence-corrected chi connectivity index (χ0v) is 20.2. The van der Waals surface area contributed by atoms with Crippen molar-refractivity contribution in [2.45, 2.75) is 60.3 Å². The minimum Gasteiger partial charge on any atom is -0.485 e. The molecule has 0 N–H and O–H groups in total. The molecule has 0 saturated carbocycles. The van der Waals surface area contributed by atoms with E-state index in [0.29, 0.717) is 18.4 Å². The van der Waals surface area contributed by atoms with E-state index in [1.807, 2.05) is 18.2 Å². The zero-order chi connectivity index (χ0) is 24.2. The number of hydrogen-bond acceptors (Lipinski definition) is 6. The highest BCUT2D eigenvalue weighted by Gasteiger charge is 2.20. The van der Waals surface area contributed by atoms with Crippen molar-refractivity contribution in [1.29, 1.82) is 0 Å². The van der Waals surface area contributed by atoms with Crippen LogP contribution in [0.25, 0.3) is 11.0 Å². The summed E-state index contributed by atoms with van der Waals surface area (Å²) >= 11 is 0. The summed E-state index contributed by atoms with van der Waals surface area (Å²) in [5, 5.41) is 0.503. The first-order chi connectivity index (χ1) is 15.8. The molecular weight excluding hydrogens is 420 g/mol. The molecule has 0 bridgehead atoms. The molecule has 2 rings (SSSR count). The van der Waals surface area contributed by atoms with Crippen LogP contribution in [-0.2, 0) is 4.79 Å².